The van der Waals surface area contributed by atoms with Crippen LogP contribution >= 0.6 is 15.9 Å². The fourth-order valence-electron chi connectivity index (χ4n) is 1.76. The molecule has 1 aromatic carbocycles. The fraction of sp³-hybridized carbons (Fsp3) is 0.462. The normalized spacial score (nSPS) is 15.3. The van der Waals surface area contributed by atoms with Gasteiger partial charge in [0.1, 0.15) is 5.75 Å². The van der Waals surface area contributed by atoms with Crippen molar-refractivity contribution in [3.8, 4) is 5.75 Å². The van der Waals surface area contributed by atoms with Gasteiger partial charge in [0.2, 0.25) is 5.91 Å². The Morgan fingerprint density at radius 1 is 1.39 bits per heavy atom. The molecule has 0 atom stereocenters. The van der Waals surface area contributed by atoms with Crippen LogP contribution in [0.2, 0.25) is 0 Å². The lowest BCUT2D eigenvalue weighted by Gasteiger charge is -2.35. The molecule has 2 rings (SSSR count). The van der Waals surface area contributed by atoms with Crippen molar-refractivity contribution in [1.29, 1.82) is 0 Å². The Labute approximate surface area is 115 Å². The van der Waals surface area contributed by atoms with E-state index < -0.39 is 0 Å². The Kier molecular flexibility index (Phi) is 4.60. The van der Waals surface area contributed by atoms with Crippen LogP contribution in [0.1, 0.15) is 12.8 Å². The lowest BCUT2D eigenvalue weighted by atomic mass is 10.1. The molecule has 1 N–H and O–H groups in total. The molecule has 0 radical (unpaired) electrons. The number of rotatable bonds is 5. The van der Waals surface area contributed by atoms with E-state index in [0.717, 1.165) is 10.2 Å². The van der Waals surface area contributed by atoms with Crippen molar-refractivity contribution in [3.05, 3.63) is 28.7 Å². The van der Waals surface area contributed by atoms with E-state index in [2.05, 4.69) is 15.9 Å². The molecule has 1 amide bonds. The van der Waals surface area contributed by atoms with Gasteiger partial charge in [-0.3, -0.25) is 4.79 Å². The van der Waals surface area contributed by atoms with E-state index in [9.17, 15) is 4.79 Å². The fourth-order valence-corrected chi connectivity index (χ4v) is 2.03. The van der Waals surface area contributed by atoms with E-state index in [4.69, 9.17) is 9.84 Å². The van der Waals surface area contributed by atoms with E-state index in [1.807, 2.05) is 24.3 Å². The summed E-state index contributed by atoms with van der Waals surface area (Å²) in [5, 5.41) is 9.09. The molecular weight excluding hydrogens is 298 g/mol. The first-order valence-corrected chi connectivity index (χ1v) is 6.78. The van der Waals surface area contributed by atoms with Crippen molar-refractivity contribution >= 4 is 21.8 Å². The molecule has 0 aromatic heterocycles. The van der Waals surface area contributed by atoms with Crippen LogP contribution in [0.3, 0.4) is 0 Å². The SMILES string of the molecule is O=C(CCCOc1ccc(Br)cc1)N1CC(O)C1. The summed E-state index contributed by atoms with van der Waals surface area (Å²) in [4.78, 5) is 13.3. The molecule has 4 nitrogen and oxygen atoms in total. The van der Waals surface area contributed by atoms with E-state index in [-0.39, 0.29) is 12.0 Å². The Hall–Kier alpha value is -1.07. The van der Waals surface area contributed by atoms with Crippen molar-refractivity contribution in [2.24, 2.45) is 0 Å². The molecule has 98 valence electrons. The Morgan fingerprint density at radius 2 is 2.06 bits per heavy atom. The average molecular weight is 314 g/mol. The summed E-state index contributed by atoms with van der Waals surface area (Å²) in [5.74, 6) is 0.907. The number of halogens is 1. The van der Waals surface area contributed by atoms with Crippen LogP contribution in [-0.2, 0) is 4.79 Å². The van der Waals surface area contributed by atoms with Gasteiger partial charge in [0, 0.05) is 24.0 Å². The molecule has 0 bridgehead atoms. The lowest BCUT2D eigenvalue weighted by molar-refractivity contribution is -0.141. The Morgan fingerprint density at radius 3 is 2.67 bits per heavy atom. The number of hydrogen-bond acceptors (Lipinski definition) is 3. The predicted octanol–water partition coefficient (Wildman–Crippen LogP) is 1.81. The molecule has 1 aliphatic rings. The van der Waals surface area contributed by atoms with Gasteiger partial charge in [-0.1, -0.05) is 15.9 Å². The van der Waals surface area contributed by atoms with Crippen molar-refractivity contribution < 1.29 is 14.6 Å². The molecule has 1 aliphatic heterocycles. The Balaban J connectivity index is 1.61. The summed E-state index contributed by atoms with van der Waals surface area (Å²) in [6, 6.07) is 7.61. The molecule has 1 aromatic rings. The number of aliphatic hydroxyl groups excluding tert-OH is 1. The summed E-state index contributed by atoms with van der Waals surface area (Å²) in [6.07, 6.45) is 0.845. The standard InChI is InChI=1S/C13H16BrNO3/c14-10-3-5-12(6-4-10)18-7-1-2-13(17)15-8-11(16)9-15/h3-6,11,16H,1-2,7-9H2. The summed E-state index contributed by atoms with van der Waals surface area (Å²) in [6.45, 7) is 1.49. The largest absolute Gasteiger partial charge is 0.494 e. The number of carbonyl (C=O) groups is 1. The zero-order valence-corrected chi connectivity index (χ0v) is 11.6. The van der Waals surface area contributed by atoms with E-state index in [1.54, 1.807) is 4.90 Å². The summed E-state index contributed by atoms with van der Waals surface area (Å²) in [7, 11) is 0. The van der Waals surface area contributed by atoms with Gasteiger partial charge in [0.15, 0.2) is 0 Å². The summed E-state index contributed by atoms with van der Waals surface area (Å²) in [5.41, 5.74) is 0. The second kappa shape index (κ2) is 6.20. The maximum Gasteiger partial charge on any atom is 0.222 e. The second-order valence-electron chi connectivity index (χ2n) is 4.36. The van der Waals surface area contributed by atoms with Gasteiger partial charge in [-0.15, -0.1) is 0 Å². The van der Waals surface area contributed by atoms with Crippen molar-refractivity contribution in [1.82, 2.24) is 4.90 Å². The zero-order chi connectivity index (χ0) is 13.0. The third-order valence-electron chi connectivity index (χ3n) is 2.83. The maximum absolute atomic E-state index is 11.6. The maximum atomic E-state index is 11.6. The minimum atomic E-state index is -0.326. The second-order valence-corrected chi connectivity index (χ2v) is 5.27. The van der Waals surface area contributed by atoms with Crippen molar-refractivity contribution in [2.75, 3.05) is 19.7 Å². The first-order valence-electron chi connectivity index (χ1n) is 5.99. The number of carbonyl (C=O) groups excluding carboxylic acids is 1. The van der Waals surface area contributed by atoms with Gasteiger partial charge >= 0.3 is 0 Å². The zero-order valence-electron chi connectivity index (χ0n) is 10.0. The molecule has 0 saturated carbocycles. The number of β-amino-alcohol motifs (C(OH)–C–C–N with tert-alkyl or cyclic N) is 1. The third-order valence-corrected chi connectivity index (χ3v) is 3.36. The molecule has 1 fully saturated rings. The first kappa shape index (κ1) is 13.4. The highest BCUT2D eigenvalue weighted by atomic mass is 79.9. The number of nitrogens with zero attached hydrogens (tertiary/aromatic N) is 1. The average Bonchev–Trinajstić information content (AvgIpc) is 2.32. The number of hydrogen-bond donors (Lipinski definition) is 1. The van der Waals surface area contributed by atoms with Crippen LogP contribution in [0.4, 0.5) is 0 Å². The van der Waals surface area contributed by atoms with Crippen LogP contribution < -0.4 is 4.74 Å². The topological polar surface area (TPSA) is 49.8 Å². The minimum Gasteiger partial charge on any atom is -0.494 e. The quantitative estimate of drug-likeness (QED) is 0.843. The van der Waals surface area contributed by atoms with Gasteiger partial charge in [0.05, 0.1) is 12.7 Å². The number of benzene rings is 1. The molecule has 5 heteroatoms. The summed E-state index contributed by atoms with van der Waals surface area (Å²) >= 11 is 3.36. The third kappa shape index (κ3) is 3.71. The highest BCUT2D eigenvalue weighted by Crippen LogP contribution is 2.16. The molecule has 1 heterocycles. The van der Waals surface area contributed by atoms with Crippen LogP contribution in [0, 0.1) is 0 Å². The molecule has 18 heavy (non-hydrogen) atoms. The van der Waals surface area contributed by atoms with Gasteiger partial charge in [-0.25, -0.2) is 0 Å². The van der Waals surface area contributed by atoms with Gasteiger partial charge in [-0.05, 0) is 30.7 Å². The van der Waals surface area contributed by atoms with Gasteiger partial charge in [0.25, 0.3) is 0 Å². The molecular formula is C13H16BrNO3. The van der Waals surface area contributed by atoms with Gasteiger partial charge < -0.3 is 14.7 Å². The van der Waals surface area contributed by atoms with E-state index in [1.165, 1.54) is 0 Å². The number of amides is 1. The molecule has 0 unspecified atom stereocenters. The smallest absolute Gasteiger partial charge is 0.222 e. The van der Waals surface area contributed by atoms with Crippen molar-refractivity contribution in [3.63, 3.8) is 0 Å². The monoisotopic (exact) mass is 313 g/mol. The van der Waals surface area contributed by atoms with E-state index in [0.29, 0.717) is 32.5 Å². The Bertz CT molecular complexity index is 401. The number of ether oxygens (including phenoxy) is 1. The minimum absolute atomic E-state index is 0.0970. The van der Waals surface area contributed by atoms with Crippen LogP contribution in [0.25, 0.3) is 0 Å². The van der Waals surface area contributed by atoms with Crippen LogP contribution in [0.5, 0.6) is 5.75 Å². The highest BCUT2D eigenvalue weighted by Gasteiger charge is 2.27. The van der Waals surface area contributed by atoms with Crippen molar-refractivity contribution in [2.45, 2.75) is 18.9 Å². The molecule has 1 saturated heterocycles. The van der Waals surface area contributed by atoms with Crippen LogP contribution in [-0.4, -0.2) is 41.7 Å². The number of aliphatic hydroxyl groups is 1. The van der Waals surface area contributed by atoms with E-state index >= 15 is 0 Å². The number of likely N-dealkylation sites (tertiary alicyclic amines) is 1. The molecule has 0 aliphatic carbocycles. The lowest BCUT2D eigenvalue weighted by Crippen LogP contribution is -2.53. The molecule has 0 spiro atoms. The predicted molar refractivity (Wildman–Crippen MR) is 71.5 cm³/mol. The van der Waals surface area contributed by atoms with Gasteiger partial charge in [-0.2, -0.15) is 0 Å². The first-order chi connectivity index (χ1) is 8.65. The highest BCUT2D eigenvalue weighted by molar-refractivity contribution is 9.10. The summed E-state index contributed by atoms with van der Waals surface area (Å²) < 4.78 is 6.54. The van der Waals surface area contributed by atoms with Crippen LogP contribution in [0.15, 0.2) is 28.7 Å².